The number of allylic oxidation sites excluding steroid dienone is 8. The van der Waals surface area contributed by atoms with Crippen LogP contribution in [0.5, 0.6) is 0 Å². The minimum Gasteiger partial charge on any atom is -0.465 e. The molecular formula is C48H87NO3. The molecular weight excluding hydrogens is 639 g/mol. The van der Waals surface area contributed by atoms with E-state index in [0.29, 0.717) is 6.61 Å². The Bertz CT molecular complexity index is 849. The Balaban J connectivity index is 2.26. The molecule has 1 fully saturated rings. The van der Waals surface area contributed by atoms with Crippen LogP contribution in [0.4, 0.5) is 0 Å². The summed E-state index contributed by atoms with van der Waals surface area (Å²) in [6.07, 6.45) is 54.9. The van der Waals surface area contributed by atoms with Gasteiger partial charge in [-0.25, -0.2) is 0 Å². The zero-order valence-corrected chi connectivity index (χ0v) is 34.9. The van der Waals surface area contributed by atoms with Gasteiger partial charge in [-0.15, -0.1) is 0 Å². The van der Waals surface area contributed by atoms with Crippen molar-refractivity contribution in [1.82, 2.24) is 4.90 Å². The topological polar surface area (TPSA) is 49.8 Å². The maximum absolute atomic E-state index is 12.5. The van der Waals surface area contributed by atoms with E-state index in [2.05, 4.69) is 74.4 Å². The van der Waals surface area contributed by atoms with Gasteiger partial charge in [0.05, 0.1) is 18.1 Å². The summed E-state index contributed by atoms with van der Waals surface area (Å²) in [4.78, 5) is 14.8. The van der Waals surface area contributed by atoms with Crippen LogP contribution in [-0.2, 0) is 9.53 Å². The summed E-state index contributed by atoms with van der Waals surface area (Å²) in [6.45, 7) is 6.98. The van der Waals surface area contributed by atoms with Gasteiger partial charge < -0.3 is 14.7 Å². The molecule has 1 aliphatic rings. The second-order valence-electron chi connectivity index (χ2n) is 16.1. The molecule has 0 radical (unpaired) electrons. The van der Waals surface area contributed by atoms with Crippen LogP contribution >= 0.6 is 0 Å². The molecule has 0 unspecified atom stereocenters. The van der Waals surface area contributed by atoms with E-state index < -0.39 is 5.60 Å². The average Bonchev–Trinajstić information content (AvgIpc) is 3.14. The number of rotatable bonds is 36. The zero-order valence-electron chi connectivity index (χ0n) is 34.9. The Morgan fingerprint density at radius 2 is 0.923 bits per heavy atom. The number of piperidine rings is 1. The molecule has 1 N–H and O–H groups in total. The van der Waals surface area contributed by atoms with E-state index in [1.165, 1.54) is 128 Å². The molecule has 1 saturated heterocycles. The van der Waals surface area contributed by atoms with Crippen LogP contribution in [-0.4, -0.2) is 48.3 Å². The maximum atomic E-state index is 12.5. The molecule has 1 rings (SSSR count). The van der Waals surface area contributed by atoms with Crippen LogP contribution in [0, 0.1) is 5.92 Å². The van der Waals surface area contributed by atoms with E-state index >= 15 is 0 Å². The summed E-state index contributed by atoms with van der Waals surface area (Å²) in [6, 6.07) is 0. The van der Waals surface area contributed by atoms with E-state index in [0.717, 1.165) is 83.7 Å². The number of carbonyl (C=O) groups is 1. The quantitative estimate of drug-likeness (QED) is 0.0397. The van der Waals surface area contributed by atoms with Crippen molar-refractivity contribution in [1.29, 1.82) is 0 Å². The molecule has 0 atom stereocenters. The highest BCUT2D eigenvalue weighted by Gasteiger charge is 2.26. The molecule has 302 valence electrons. The second kappa shape index (κ2) is 36.3. The van der Waals surface area contributed by atoms with Gasteiger partial charge in [0.1, 0.15) is 0 Å². The summed E-state index contributed by atoms with van der Waals surface area (Å²) in [5, 5.41) is 11.7. The zero-order chi connectivity index (χ0) is 37.6. The van der Waals surface area contributed by atoms with Crippen molar-refractivity contribution in [2.24, 2.45) is 5.92 Å². The number of nitrogens with zero attached hydrogens (tertiary/aromatic N) is 1. The largest absolute Gasteiger partial charge is 0.465 e. The highest BCUT2D eigenvalue weighted by Crippen LogP contribution is 2.29. The van der Waals surface area contributed by atoms with Crippen LogP contribution in [0.15, 0.2) is 48.6 Å². The highest BCUT2D eigenvalue weighted by molar-refractivity contribution is 5.72. The van der Waals surface area contributed by atoms with Gasteiger partial charge in [-0.2, -0.15) is 0 Å². The number of aliphatic hydroxyl groups is 1. The molecule has 52 heavy (non-hydrogen) atoms. The average molecular weight is 726 g/mol. The second-order valence-corrected chi connectivity index (χ2v) is 16.1. The Hall–Kier alpha value is -1.65. The van der Waals surface area contributed by atoms with E-state index in [4.69, 9.17) is 4.74 Å². The fourth-order valence-corrected chi connectivity index (χ4v) is 7.35. The van der Waals surface area contributed by atoms with Crippen LogP contribution < -0.4 is 0 Å². The Kier molecular flexibility index (Phi) is 33.8. The predicted molar refractivity (Wildman–Crippen MR) is 228 cm³/mol. The minimum atomic E-state index is -0.567. The molecule has 0 aromatic rings. The van der Waals surface area contributed by atoms with Gasteiger partial charge in [0, 0.05) is 0 Å². The SMILES string of the molecule is CCCCC/C=C\C/C=C\CCCCCCCCC(O)(CCCCCCCC/C=C\C/C=C\CCCCC)CCCCOC(=O)C1CCN(C)CC1. The number of likely N-dealkylation sites (tertiary alicyclic amines) is 1. The van der Waals surface area contributed by atoms with Crippen LogP contribution in [0.1, 0.15) is 213 Å². The number of hydrogen-bond donors (Lipinski definition) is 1. The first kappa shape index (κ1) is 48.4. The lowest BCUT2D eigenvalue weighted by atomic mass is 9.85. The van der Waals surface area contributed by atoms with Gasteiger partial charge in [-0.3, -0.25) is 4.79 Å². The number of unbranched alkanes of at least 4 members (excludes halogenated alkanes) is 19. The molecule has 4 nitrogen and oxygen atoms in total. The van der Waals surface area contributed by atoms with Crippen molar-refractivity contribution in [3.05, 3.63) is 48.6 Å². The molecule has 0 aromatic carbocycles. The fourth-order valence-electron chi connectivity index (χ4n) is 7.35. The smallest absolute Gasteiger partial charge is 0.309 e. The Morgan fingerprint density at radius 3 is 1.35 bits per heavy atom. The molecule has 0 aliphatic carbocycles. The number of hydrogen-bond acceptors (Lipinski definition) is 4. The van der Waals surface area contributed by atoms with Crippen LogP contribution in [0.3, 0.4) is 0 Å². The van der Waals surface area contributed by atoms with E-state index in [-0.39, 0.29) is 11.9 Å². The van der Waals surface area contributed by atoms with Gasteiger partial charge in [0.2, 0.25) is 0 Å². The summed E-state index contributed by atoms with van der Waals surface area (Å²) < 4.78 is 5.67. The molecule has 1 aliphatic heterocycles. The number of esters is 1. The van der Waals surface area contributed by atoms with Gasteiger partial charge in [0.15, 0.2) is 0 Å². The van der Waals surface area contributed by atoms with Gasteiger partial charge >= 0.3 is 5.97 Å². The van der Waals surface area contributed by atoms with E-state index in [1.54, 1.807) is 0 Å². The molecule has 4 heteroatoms. The van der Waals surface area contributed by atoms with Gasteiger partial charge in [-0.05, 0) is 129 Å². The molecule has 1 heterocycles. The third-order valence-electron chi connectivity index (χ3n) is 11.0. The first-order valence-corrected chi connectivity index (χ1v) is 22.7. The number of ether oxygens (including phenoxy) is 1. The lowest BCUT2D eigenvalue weighted by Gasteiger charge is -2.29. The third-order valence-corrected chi connectivity index (χ3v) is 11.0. The van der Waals surface area contributed by atoms with Crippen molar-refractivity contribution >= 4 is 5.97 Å². The molecule has 0 spiro atoms. The monoisotopic (exact) mass is 726 g/mol. The molecule has 0 saturated carbocycles. The van der Waals surface area contributed by atoms with Gasteiger partial charge in [-0.1, -0.05) is 152 Å². The van der Waals surface area contributed by atoms with Crippen LogP contribution in [0.25, 0.3) is 0 Å². The van der Waals surface area contributed by atoms with Crippen molar-refractivity contribution < 1.29 is 14.6 Å². The summed E-state index contributed by atoms with van der Waals surface area (Å²) in [5.74, 6) is 0.0618. The maximum Gasteiger partial charge on any atom is 0.309 e. The Morgan fingerprint density at radius 1 is 0.558 bits per heavy atom. The third kappa shape index (κ3) is 30.8. The van der Waals surface area contributed by atoms with Gasteiger partial charge in [0.25, 0.3) is 0 Å². The van der Waals surface area contributed by atoms with Crippen molar-refractivity contribution in [2.75, 3.05) is 26.7 Å². The fraction of sp³-hybridized carbons (Fsp3) is 0.812. The Labute approximate surface area is 324 Å². The molecule has 0 aromatic heterocycles. The minimum absolute atomic E-state index is 0.00829. The summed E-state index contributed by atoms with van der Waals surface area (Å²) in [5.41, 5.74) is -0.567. The van der Waals surface area contributed by atoms with Crippen LogP contribution in [0.2, 0.25) is 0 Å². The summed E-state index contributed by atoms with van der Waals surface area (Å²) >= 11 is 0. The first-order valence-electron chi connectivity index (χ1n) is 22.7. The van der Waals surface area contributed by atoms with Crippen molar-refractivity contribution in [3.63, 3.8) is 0 Å². The number of carbonyl (C=O) groups excluding carboxylic acids is 1. The standard InChI is InChI=1S/C48H87NO3/c1-4-6-8-10-12-14-16-18-20-22-24-26-28-30-32-34-40-48(51,42-36-37-45-52-47(50)46-38-43-49(3)44-39-46)41-35-33-31-29-27-25-23-21-19-17-15-13-11-9-7-5-2/h12-15,18-21,46,51H,4-11,16-17,22-45H2,1-3H3/b14-12-,15-13-,20-18-,21-19-. The molecule has 0 bridgehead atoms. The van der Waals surface area contributed by atoms with E-state index in [9.17, 15) is 9.90 Å². The van der Waals surface area contributed by atoms with Crippen molar-refractivity contribution in [3.8, 4) is 0 Å². The normalized spacial score (nSPS) is 15.0. The molecule has 0 amide bonds. The van der Waals surface area contributed by atoms with E-state index in [1.807, 2.05) is 0 Å². The lowest BCUT2D eigenvalue weighted by Crippen LogP contribution is -2.34. The van der Waals surface area contributed by atoms with Crippen molar-refractivity contribution in [2.45, 2.75) is 218 Å². The highest BCUT2D eigenvalue weighted by atomic mass is 16.5. The predicted octanol–water partition coefficient (Wildman–Crippen LogP) is 14.2. The first-order chi connectivity index (χ1) is 25.5. The summed E-state index contributed by atoms with van der Waals surface area (Å²) in [7, 11) is 2.12. The lowest BCUT2D eigenvalue weighted by molar-refractivity contribution is -0.150.